The van der Waals surface area contributed by atoms with E-state index in [4.69, 9.17) is 4.99 Å². The molecule has 2 saturated carbocycles. The van der Waals surface area contributed by atoms with Crippen LogP contribution >= 0.6 is 0 Å². The van der Waals surface area contributed by atoms with Crippen LogP contribution in [0.1, 0.15) is 68.9 Å². The molecule has 0 aromatic heterocycles. The molecule has 1 saturated heterocycles. The second kappa shape index (κ2) is 10.1. The molecule has 12 heteroatoms. The molecule has 206 valence electrons. The van der Waals surface area contributed by atoms with E-state index in [-0.39, 0.29) is 60.8 Å². The van der Waals surface area contributed by atoms with Gasteiger partial charge in [0.1, 0.15) is 11.4 Å². The number of piperidine rings is 1. The van der Waals surface area contributed by atoms with Gasteiger partial charge in [-0.1, -0.05) is 25.3 Å². The number of hydrogen-bond acceptors (Lipinski definition) is 5. The quantitative estimate of drug-likeness (QED) is 0.549. The maximum Gasteiger partial charge on any atom is 0.417 e. The first-order valence-electron chi connectivity index (χ1n) is 13.1. The highest BCUT2D eigenvalue weighted by atomic mass is 32.2. The molecule has 2 aliphatic heterocycles. The highest BCUT2D eigenvalue weighted by molar-refractivity contribution is 7.92. The number of anilines is 1. The normalized spacial score (nSPS) is 23.0. The topological polar surface area (TPSA) is 108 Å². The summed E-state index contributed by atoms with van der Waals surface area (Å²) >= 11 is 0. The fourth-order valence-electron chi connectivity index (χ4n) is 5.42. The largest absolute Gasteiger partial charge is 0.417 e. The Morgan fingerprint density at radius 1 is 1.11 bits per heavy atom. The fraction of sp³-hybridized carbons (Fsp3) is 0.577. The van der Waals surface area contributed by atoms with Gasteiger partial charge in [0.25, 0.3) is 5.91 Å². The van der Waals surface area contributed by atoms with Gasteiger partial charge in [0.2, 0.25) is 15.9 Å². The minimum Gasteiger partial charge on any atom is -0.326 e. The third kappa shape index (κ3) is 5.66. The summed E-state index contributed by atoms with van der Waals surface area (Å²) in [6.45, 7) is 0.0829. The Labute approximate surface area is 219 Å². The Morgan fingerprint density at radius 3 is 2.42 bits per heavy atom. The summed E-state index contributed by atoms with van der Waals surface area (Å²) in [7, 11) is -4.04. The molecule has 0 bridgehead atoms. The van der Waals surface area contributed by atoms with Crippen molar-refractivity contribution in [2.45, 2.75) is 69.5 Å². The van der Waals surface area contributed by atoms with Crippen molar-refractivity contribution >= 4 is 39.4 Å². The minimum atomic E-state index is -4.74. The standard InChI is InChI=1S/C26H31F3N4O4S/c27-26(28,29)21-16-20(30-23(34)19-6-7-19)9-8-17(21)10-15-38(36,37)33-13-11-25(12-14-33)24(35)31-22(32-25)18-4-2-1-3-5-18/h8-10,15-16,18-19H,1-7,11-14H2,(H,30,34)(H,31,32,35)/b15-10+. The number of amidine groups is 1. The fourth-order valence-corrected chi connectivity index (χ4v) is 6.60. The first-order chi connectivity index (χ1) is 18.0. The zero-order chi connectivity index (χ0) is 27.1. The van der Waals surface area contributed by atoms with Gasteiger partial charge in [-0.25, -0.2) is 8.42 Å². The Morgan fingerprint density at radius 2 is 1.79 bits per heavy atom. The summed E-state index contributed by atoms with van der Waals surface area (Å²) in [5, 5.41) is 6.18. The van der Waals surface area contributed by atoms with Crippen molar-refractivity contribution in [3.63, 3.8) is 0 Å². The average molecular weight is 553 g/mol. The number of nitrogens with zero attached hydrogens (tertiary/aromatic N) is 2. The number of nitrogens with one attached hydrogen (secondary N) is 2. The van der Waals surface area contributed by atoms with E-state index in [9.17, 15) is 31.2 Å². The predicted molar refractivity (Wildman–Crippen MR) is 136 cm³/mol. The molecule has 8 nitrogen and oxygen atoms in total. The van der Waals surface area contributed by atoms with Gasteiger partial charge in [-0.15, -0.1) is 0 Å². The van der Waals surface area contributed by atoms with E-state index in [2.05, 4.69) is 10.6 Å². The maximum atomic E-state index is 13.7. The zero-order valence-electron chi connectivity index (χ0n) is 20.9. The molecule has 1 aromatic carbocycles. The molecule has 2 amide bonds. The van der Waals surface area contributed by atoms with Crippen molar-refractivity contribution in [2.75, 3.05) is 18.4 Å². The van der Waals surface area contributed by atoms with Crippen molar-refractivity contribution in [2.24, 2.45) is 16.8 Å². The van der Waals surface area contributed by atoms with E-state index in [0.717, 1.165) is 49.3 Å². The molecule has 1 spiro atoms. The van der Waals surface area contributed by atoms with Crippen molar-refractivity contribution in [3.8, 4) is 0 Å². The van der Waals surface area contributed by atoms with Crippen LogP contribution in [-0.2, 0) is 25.8 Å². The van der Waals surface area contributed by atoms with E-state index >= 15 is 0 Å². The van der Waals surface area contributed by atoms with Crippen LogP contribution < -0.4 is 10.6 Å². The second-order valence-electron chi connectivity index (χ2n) is 10.6. The van der Waals surface area contributed by atoms with Gasteiger partial charge >= 0.3 is 6.18 Å². The summed E-state index contributed by atoms with van der Waals surface area (Å²) in [4.78, 5) is 29.5. The zero-order valence-corrected chi connectivity index (χ0v) is 21.7. The monoisotopic (exact) mass is 552 g/mol. The Bertz CT molecular complexity index is 1270. The Kier molecular flexibility index (Phi) is 7.14. The Hall–Kier alpha value is -2.73. The van der Waals surface area contributed by atoms with Crippen LogP contribution in [0.15, 0.2) is 28.6 Å². The van der Waals surface area contributed by atoms with Crippen LogP contribution in [-0.4, -0.2) is 49.0 Å². The van der Waals surface area contributed by atoms with Gasteiger partial charge in [-0.2, -0.15) is 17.5 Å². The third-order valence-electron chi connectivity index (χ3n) is 7.89. The summed E-state index contributed by atoms with van der Waals surface area (Å²) in [5.74, 6) is 0.250. The number of amides is 2. The lowest BCUT2D eigenvalue weighted by Gasteiger charge is -2.34. The first-order valence-corrected chi connectivity index (χ1v) is 14.6. The number of benzene rings is 1. The van der Waals surface area contributed by atoms with Crippen LogP contribution in [0, 0.1) is 11.8 Å². The molecular weight excluding hydrogens is 521 g/mol. The molecule has 2 N–H and O–H groups in total. The molecule has 38 heavy (non-hydrogen) atoms. The van der Waals surface area contributed by atoms with Crippen molar-refractivity contribution in [1.29, 1.82) is 0 Å². The summed E-state index contributed by atoms with van der Waals surface area (Å²) in [6.07, 6.45) is 3.37. The van der Waals surface area contributed by atoms with Gasteiger partial charge in [0.15, 0.2) is 0 Å². The van der Waals surface area contributed by atoms with E-state index < -0.39 is 27.3 Å². The van der Waals surface area contributed by atoms with Crippen LogP contribution in [0.5, 0.6) is 0 Å². The number of aliphatic imine (C=N–C) groups is 1. The molecule has 2 aliphatic carbocycles. The van der Waals surface area contributed by atoms with E-state index in [1.165, 1.54) is 16.8 Å². The lowest BCUT2D eigenvalue weighted by Crippen LogP contribution is -2.50. The summed E-state index contributed by atoms with van der Waals surface area (Å²) < 4.78 is 68.3. The van der Waals surface area contributed by atoms with Gasteiger partial charge in [0, 0.05) is 36.0 Å². The lowest BCUT2D eigenvalue weighted by atomic mass is 9.88. The molecule has 1 aromatic rings. The smallest absolute Gasteiger partial charge is 0.326 e. The number of rotatable bonds is 6. The highest BCUT2D eigenvalue weighted by Crippen LogP contribution is 2.37. The average Bonchev–Trinajstić information content (AvgIpc) is 3.69. The summed E-state index contributed by atoms with van der Waals surface area (Å²) in [5.41, 5.74) is -2.33. The van der Waals surface area contributed by atoms with Crippen LogP contribution in [0.25, 0.3) is 6.08 Å². The van der Waals surface area contributed by atoms with Crippen LogP contribution in [0.4, 0.5) is 18.9 Å². The highest BCUT2D eigenvalue weighted by Gasteiger charge is 2.48. The van der Waals surface area contributed by atoms with Crippen molar-refractivity contribution in [1.82, 2.24) is 9.62 Å². The van der Waals surface area contributed by atoms with Gasteiger partial charge < -0.3 is 10.6 Å². The van der Waals surface area contributed by atoms with Gasteiger partial charge in [0.05, 0.1) is 5.56 Å². The maximum absolute atomic E-state index is 13.7. The number of carbonyl (C=O) groups excluding carboxylic acids is 2. The minimum absolute atomic E-state index is 0.0125. The number of hydrogen-bond donors (Lipinski definition) is 2. The molecular formula is C26H31F3N4O4S. The van der Waals surface area contributed by atoms with Crippen LogP contribution in [0.2, 0.25) is 0 Å². The lowest BCUT2D eigenvalue weighted by molar-refractivity contribution is -0.137. The molecule has 0 atom stereocenters. The first kappa shape index (κ1) is 26.9. The van der Waals surface area contributed by atoms with Crippen molar-refractivity contribution in [3.05, 3.63) is 34.7 Å². The third-order valence-corrected chi connectivity index (χ3v) is 9.46. The van der Waals surface area contributed by atoms with E-state index in [0.29, 0.717) is 18.7 Å². The molecule has 4 aliphatic rings. The molecule has 3 fully saturated rings. The van der Waals surface area contributed by atoms with Crippen LogP contribution in [0.3, 0.4) is 0 Å². The summed E-state index contributed by atoms with van der Waals surface area (Å²) in [6, 6.07) is 3.29. The van der Waals surface area contributed by atoms with E-state index in [1.807, 2.05) is 0 Å². The second-order valence-corrected chi connectivity index (χ2v) is 12.4. The molecule has 5 rings (SSSR count). The molecule has 0 unspecified atom stereocenters. The number of alkyl halides is 3. The Balaban J connectivity index is 1.28. The predicted octanol–water partition coefficient (Wildman–Crippen LogP) is 4.30. The number of sulfonamides is 1. The van der Waals surface area contributed by atoms with E-state index in [1.54, 1.807) is 0 Å². The van der Waals surface area contributed by atoms with Gasteiger partial charge in [-0.05, 0) is 62.3 Å². The van der Waals surface area contributed by atoms with Gasteiger partial charge in [-0.3, -0.25) is 14.6 Å². The number of carbonyl (C=O) groups is 2. The SMILES string of the molecule is O=C(Nc1ccc(/C=C/S(=O)(=O)N2CCC3(CC2)N=C(C2CCCCC2)NC3=O)c(C(F)(F)F)c1)C1CC1. The molecule has 2 heterocycles. The number of halogens is 3. The van der Waals surface area contributed by atoms with Crippen molar-refractivity contribution < 1.29 is 31.2 Å². The molecule has 0 radical (unpaired) electrons.